The molecule has 19 heavy (non-hydrogen) atoms. The van der Waals surface area contributed by atoms with Crippen molar-refractivity contribution in [3.63, 3.8) is 0 Å². The van der Waals surface area contributed by atoms with Gasteiger partial charge in [-0.25, -0.2) is 0 Å². The van der Waals surface area contributed by atoms with Crippen molar-refractivity contribution < 1.29 is 9.90 Å². The second-order valence-electron chi connectivity index (χ2n) is 5.52. The molecular formula is C15H22N2O2. The van der Waals surface area contributed by atoms with E-state index in [1.165, 1.54) is 11.1 Å². The Morgan fingerprint density at radius 1 is 1.42 bits per heavy atom. The average molecular weight is 262 g/mol. The predicted molar refractivity (Wildman–Crippen MR) is 74.9 cm³/mol. The van der Waals surface area contributed by atoms with Gasteiger partial charge >= 0.3 is 0 Å². The number of carbonyl (C=O) groups excluding carboxylic acids is 1. The van der Waals surface area contributed by atoms with E-state index in [0.29, 0.717) is 12.0 Å². The van der Waals surface area contributed by atoms with E-state index in [1.54, 1.807) is 6.92 Å². The molecule has 0 spiro atoms. The van der Waals surface area contributed by atoms with Crippen LogP contribution in [0.1, 0.15) is 48.2 Å². The van der Waals surface area contributed by atoms with Gasteiger partial charge in [-0.15, -0.1) is 0 Å². The number of amides is 1. The lowest BCUT2D eigenvalue weighted by molar-refractivity contribution is 0.0469. The second kappa shape index (κ2) is 5.72. The summed E-state index contributed by atoms with van der Waals surface area (Å²) in [5.74, 6) is -0.119. The summed E-state index contributed by atoms with van der Waals surface area (Å²) < 4.78 is 0. The molecular weight excluding hydrogens is 240 g/mol. The molecule has 1 heterocycles. The van der Waals surface area contributed by atoms with Crippen LogP contribution in [-0.2, 0) is 13.1 Å². The average Bonchev–Trinajstić information content (AvgIpc) is 2.83. The molecule has 4 heteroatoms. The number of hydrogen-bond acceptors (Lipinski definition) is 3. The van der Waals surface area contributed by atoms with Crippen LogP contribution in [0.3, 0.4) is 0 Å². The van der Waals surface area contributed by atoms with Gasteiger partial charge in [0.1, 0.15) is 0 Å². The van der Waals surface area contributed by atoms with Crippen LogP contribution in [0, 0.1) is 0 Å². The van der Waals surface area contributed by atoms with Crippen molar-refractivity contribution >= 4 is 5.91 Å². The zero-order valence-electron chi connectivity index (χ0n) is 11.6. The van der Waals surface area contributed by atoms with Crippen molar-refractivity contribution in [2.24, 2.45) is 0 Å². The predicted octanol–water partition coefficient (Wildman–Crippen LogP) is 1.57. The maximum absolute atomic E-state index is 12.1. The van der Waals surface area contributed by atoms with Gasteiger partial charge in [0.15, 0.2) is 0 Å². The van der Waals surface area contributed by atoms with Crippen molar-refractivity contribution in [1.82, 2.24) is 10.6 Å². The van der Waals surface area contributed by atoms with Gasteiger partial charge in [0.05, 0.1) is 5.60 Å². The van der Waals surface area contributed by atoms with E-state index in [4.69, 9.17) is 0 Å². The van der Waals surface area contributed by atoms with E-state index in [-0.39, 0.29) is 12.5 Å². The monoisotopic (exact) mass is 262 g/mol. The third-order valence-corrected chi connectivity index (χ3v) is 3.52. The van der Waals surface area contributed by atoms with Crippen LogP contribution in [0.4, 0.5) is 0 Å². The Balaban J connectivity index is 1.97. The van der Waals surface area contributed by atoms with Gasteiger partial charge in [0.2, 0.25) is 0 Å². The zero-order chi connectivity index (χ0) is 13.9. The van der Waals surface area contributed by atoms with E-state index in [1.807, 2.05) is 25.1 Å². The lowest BCUT2D eigenvalue weighted by Gasteiger charge is -2.23. The van der Waals surface area contributed by atoms with Crippen LogP contribution in [0.25, 0.3) is 0 Å². The number of benzene rings is 1. The molecule has 1 aromatic rings. The summed E-state index contributed by atoms with van der Waals surface area (Å²) in [4.78, 5) is 12.1. The Hall–Kier alpha value is -1.39. The number of aliphatic hydroxyl groups is 1. The maximum atomic E-state index is 12.1. The molecule has 0 bridgehead atoms. The van der Waals surface area contributed by atoms with Crippen LogP contribution in [0.15, 0.2) is 18.2 Å². The first-order valence-electron chi connectivity index (χ1n) is 6.85. The molecule has 4 nitrogen and oxygen atoms in total. The SMILES string of the molecule is CCCC(C)(O)CNC(=O)c1ccc2c(c1)CNC2. The summed E-state index contributed by atoms with van der Waals surface area (Å²) in [5, 5.41) is 16.1. The number of carbonyl (C=O) groups is 1. The first-order chi connectivity index (χ1) is 9.02. The van der Waals surface area contributed by atoms with E-state index in [0.717, 1.165) is 19.5 Å². The molecule has 0 aliphatic carbocycles. The molecule has 1 aliphatic rings. The van der Waals surface area contributed by atoms with Crippen molar-refractivity contribution in [2.75, 3.05) is 6.54 Å². The van der Waals surface area contributed by atoms with E-state index in [9.17, 15) is 9.90 Å². The highest BCUT2D eigenvalue weighted by atomic mass is 16.3. The fraction of sp³-hybridized carbons (Fsp3) is 0.533. The van der Waals surface area contributed by atoms with Gasteiger partial charge in [0.25, 0.3) is 5.91 Å². The van der Waals surface area contributed by atoms with Crippen LogP contribution in [0.5, 0.6) is 0 Å². The normalized spacial score (nSPS) is 16.8. The van der Waals surface area contributed by atoms with Gasteiger partial charge < -0.3 is 15.7 Å². The smallest absolute Gasteiger partial charge is 0.251 e. The number of hydrogen-bond donors (Lipinski definition) is 3. The number of nitrogens with one attached hydrogen (secondary N) is 2. The highest BCUT2D eigenvalue weighted by Crippen LogP contribution is 2.17. The van der Waals surface area contributed by atoms with Crippen LogP contribution < -0.4 is 10.6 Å². The third-order valence-electron chi connectivity index (χ3n) is 3.52. The molecule has 1 aliphatic heterocycles. The molecule has 2 rings (SSSR count). The molecule has 0 radical (unpaired) electrons. The van der Waals surface area contributed by atoms with Crippen molar-refractivity contribution in [2.45, 2.75) is 45.4 Å². The molecule has 3 N–H and O–H groups in total. The van der Waals surface area contributed by atoms with Crippen molar-refractivity contribution in [3.05, 3.63) is 34.9 Å². The highest BCUT2D eigenvalue weighted by molar-refractivity contribution is 5.94. The van der Waals surface area contributed by atoms with Gasteiger partial charge in [-0.3, -0.25) is 4.79 Å². The topological polar surface area (TPSA) is 61.4 Å². The van der Waals surface area contributed by atoms with Crippen LogP contribution in [0.2, 0.25) is 0 Å². The minimum Gasteiger partial charge on any atom is -0.388 e. The van der Waals surface area contributed by atoms with Crippen LogP contribution in [-0.4, -0.2) is 23.2 Å². The molecule has 0 fully saturated rings. The Morgan fingerprint density at radius 2 is 2.16 bits per heavy atom. The third kappa shape index (κ3) is 3.55. The van der Waals surface area contributed by atoms with Crippen LogP contribution >= 0.6 is 0 Å². The molecule has 1 unspecified atom stereocenters. The molecule has 0 saturated carbocycles. The lowest BCUT2D eigenvalue weighted by atomic mass is 10.0. The summed E-state index contributed by atoms with van der Waals surface area (Å²) >= 11 is 0. The lowest BCUT2D eigenvalue weighted by Crippen LogP contribution is -2.40. The summed E-state index contributed by atoms with van der Waals surface area (Å²) in [6, 6.07) is 5.77. The second-order valence-corrected chi connectivity index (χ2v) is 5.52. The van der Waals surface area contributed by atoms with Gasteiger partial charge in [-0.05, 0) is 36.6 Å². The molecule has 0 saturated heterocycles. The Labute approximate surface area is 114 Å². The first-order valence-corrected chi connectivity index (χ1v) is 6.85. The van der Waals surface area contributed by atoms with E-state index in [2.05, 4.69) is 10.6 Å². The van der Waals surface area contributed by atoms with Gasteiger partial charge in [-0.1, -0.05) is 19.4 Å². The molecule has 1 aromatic carbocycles. The summed E-state index contributed by atoms with van der Waals surface area (Å²) in [6.07, 6.45) is 1.58. The maximum Gasteiger partial charge on any atom is 0.251 e. The van der Waals surface area contributed by atoms with Gasteiger partial charge in [-0.2, -0.15) is 0 Å². The largest absolute Gasteiger partial charge is 0.388 e. The molecule has 1 atom stereocenters. The summed E-state index contributed by atoms with van der Waals surface area (Å²) in [7, 11) is 0. The van der Waals surface area contributed by atoms with E-state index < -0.39 is 5.60 Å². The van der Waals surface area contributed by atoms with Crippen molar-refractivity contribution in [3.8, 4) is 0 Å². The zero-order valence-corrected chi connectivity index (χ0v) is 11.6. The summed E-state index contributed by atoms with van der Waals surface area (Å²) in [6.45, 7) is 5.76. The summed E-state index contributed by atoms with van der Waals surface area (Å²) in [5.41, 5.74) is 2.28. The fourth-order valence-corrected chi connectivity index (χ4v) is 2.44. The number of fused-ring (bicyclic) bond motifs is 1. The Bertz CT molecular complexity index is 469. The first kappa shape index (κ1) is 14.0. The van der Waals surface area contributed by atoms with Gasteiger partial charge in [0, 0.05) is 25.2 Å². The Morgan fingerprint density at radius 3 is 2.89 bits per heavy atom. The van der Waals surface area contributed by atoms with Crippen molar-refractivity contribution in [1.29, 1.82) is 0 Å². The molecule has 0 aromatic heterocycles. The van der Waals surface area contributed by atoms with E-state index >= 15 is 0 Å². The molecule has 1 amide bonds. The Kier molecular flexibility index (Phi) is 4.22. The highest BCUT2D eigenvalue weighted by Gasteiger charge is 2.20. The quantitative estimate of drug-likeness (QED) is 0.755. The fourth-order valence-electron chi connectivity index (χ4n) is 2.44. The molecule has 104 valence electrons. The standard InChI is InChI=1S/C15H22N2O2/c1-3-6-15(2,19)10-17-14(18)11-4-5-12-8-16-9-13(12)7-11/h4-5,7,16,19H,3,6,8-10H2,1-2H3,(H,17,18). The minimum absolute atomic E-state index is 0.119. The number of rotatable bonds is 5. The minimum atomic E-state index is -0.831.